The SMILES string of the molecule is CC(=O)C1=C(O)C(C(C)C)[C@@]2(C)C[C@@]3(C)Cc4c(C(C)C)cc(CC5CC(C)(C)CC(C)(C)C5)c(O)c4C(=O)C3=C(O)[C@@]2(O)C1=O. The zero-order chi connectivity index (χ0) is 34.7. The number of Topliss-reactive ketones (excluding diaryl/α,β-unsaturated/α-hetero) is 3. The first kappa shape index (κ1) is 34.4. The molecule has 0 spiro atoms. The number of carbonyl (C=O) groups excluding carboxylic acids is 3. The molecule has 0 aliphatic heterocycles. The lowest BCUT2D eigenvalue weighted by Crippen LogP contribution is -2.67. The fraction of sp³-hybridized carbons (Fsp3) is 0.667. The molecule has 1 aromatic rings. The summed E-state index contributed by atoms with van der Waals surface area (Å²) in [6, 6.07) is 2.06. The molecule has 0 radical (unpaired) electrons. The number of benzene rings is 1. The van der Waals surface area contributed by atoms with Gasteiger partial charge in [-0.15, -0.1) is 0 Å². The molecule has 1 unspecified atom stereocenters. The largest absolute Gasteiger partial charge is 0.511 e. The average molecular weight is 635 g/mol. The van der Waals surface area contributed by atoms with Crippen molar-refractivity contribution in [3.05, 3.63) is 51.0 Å². The zero-order valence-corrected chi connectivity index (χ0v) is 29.6. The van der Waals surface area contributed by atoms with Gasteiger partial charge in [-0.1, -0.05) is 75.3 Å². The van der Waals surface area contributed by atoms with Crippen molar-refractivity contribution < 1.29 is 34.8 Å². The van der Waals surface area contributed by atoms with Crippen LogP contribution in [0.2, 0.25) is 0 Å². The summed E-state index contributed by atoms with van der Waals surface area (Å²) >= 11 is 0. The summed E-state index contributed by atoms with van der Waals surface area (Å²) in [7, 11) is 0. The van der Waals surface area contributed by atoms with Crippen molar-refractivity contribution in [1.29, 1.82) is 0 Å². The van der Waals surface area contributed by atoms with Gasteiger partial charge in [0, 0.05) is 22.3 Å². The van der Waals surface area contributed by atoms with E-state index in [1.54, 1.807) is 6.92 Å². The van der Waals surface area contributed by atoms with Crippen molar-refractivity contribution in [3.8, 4) is 5.75 Å². The van der Waals surface area contributed by atoms with Crippen molar-refractivity contribution in [1.82, 2.24) is 0 Å². The molecule has 0 saturated heterocycles. The highest BCUT2D eigenvalue weighted by Gasteiger charge is 2.71. The van der Waals surface area contributed by atoms with Gasteiger partial charge in [-0.25, -0.2) is 0 Å². The maximum absolute atomic E-state index is 14.7. The van der Waals surface area contributed by atoms with Crippen LogP contribution in [0.5, 0.6) is 5.75 Å². The molecule has 4 atom stereocenters. The predicted molar refractivity (Wildman–Crippen MR) is 178 cm³/mol. The minimum atomic E-state index is -2.61. The summed E-state index contributed by atoms with van der Waals surface area (Å²) in [6.07, 6.45) is 4.13. The Morgan fingerprint density at radius 1 is 0.935 bits per heavy atom. The lowest BCUT2D eigenvalue weighted by molar-refractivity contribution is -0.171. The topological polar surface area (TPSA) is 132 Å². The van der Waals surface area contributed by atoms with Crippen molar-refractivity contribution in [3.63, 3.8) is 0 Å². The summed E-state index contributed by atoms with van der Waals surface area (Å²) < 4.78 is 0. The molecule has 252 valence electrons. The van der Waals surface area contributed by atoms with E-state index in [9.17, 15) is 34.8 Å². The third kappa shape index (κ3) is 4.81. The highest BCUT2D eigenvalue weighted by Crippen LogP contribution is 2.65. The van der Waals surface area contributed by atoms with Crippen molar-refractivity contribution in [2.75, 3.05) is 0 Å². The number of hydrogen-bond donors (Lipinski definition) is 4. The van der Waals surface area contributed by atoms with Crippen LogP contribution in [0.3, 0.4) is 0 Å². The number of phenols is 1. The summed E-state index contributed by atoms with van der Waals surface area (Å²) in [5.74, 6) is -4.43. The fourth-order valence-corrected chi connectivity index (χ4v) is 11.1. The van der Waals surface area contributed by atoms with Crippen LogP contribution >= 0.6 is 0 Å². The molecule has 1 saturated carbocycles. The Hall–Kier alpha value is -2.93. The molecule has 7 heteroatoms. The Kier molecular flexibility index (Phi) is 7.88. The van der Waals surface area contributed by atoms with Crippen molar-refractivity contribution >= 4 is 17.3 Å². The van der Waals surface area contributed by atoms with Crippen LogP contribution in [0, 0.1) is 39.4 Å². The average Bonchev–Trinajstić information content (AvgIpc) is 2.85. The second-order valence-electron chi connectivity index (χ2n) is 17.9. The fourth-order valence-electron chi connectivity index (χ4n) is 11.1. The first-order valence-electron chi connectivity index (χ1n) is 17.0. The normalized spacial score (nSPS) is 32.5. The summed E-state index contributed by atoms with van der Waals surface area (Å²) in [5, 5.41) is 47.7. The molecule has 1 aromatic carbocycles. The lowest BCUT2D eigenvalue weighted by Gasteiger charge is -2.59. The molecule has 4 aliphatic carbocycles. The molecule has 0 bridgehead atoms. The minimum absolute atomic E-state index is 0.0451. The number of rotatable bonds is 5. The number of fused-ring (bicyclic) bond motifs is 3. The number of ketones is 3. The third-order valence-corrected chi connectivity index (χ3v) is 11.9. The lowest BCUT2D eigenvalue weighted by atomic mass is 9.44. The van der Waals surface area contributed by atoms with Crippen LogP contribution in [0.15, 0.2) is 28.7 Å². The molecule has 0 heterocycles. The molecule has 0 aromatic heterocycles. The van der Waals surface area contributed by atoms with Crippen LogP contribution in [-0.2, 0) is 22.4 Å². The van der Waals surface area contributed by atoms with Gasteiger partial charge < -0.3 is 20.4 Å². The first-order chi connectivity index (χ1) is 20.9. The third-order valence-electron chi connectivity index (χ3n) is 11.9. The second kappa shape index (κ2) is 10.5. The predicted octanol–water partition coefficient (Wildman–Crippen LogP) is 7.86. The van der Waals surface area contributed by atoms with E-state index in [0.29, 0.717) is 24.3 Å². The molecular weight excluding hydrogens is 580 g/mol. The second-order valence-corrected chi connectivity index (χ2v) is 17.9. The van der Waals surface area contributed by atoms with Crippen LogP contribution in [0.1, 0.15) is 135 Å². The van der Waals surface area contributed by atoms with Crippen molar-refractivity contribution in [2.24, 2.45) is 39.4 Å². The van der Waals surface area contributed by atoms with E-state index in [1.165, 1.54) is 0 Å². The van der Waals surface area contributed by atoms with Crippen LogP contribution in [0.25, 0.3) is 0 Å². The number of aliphatic hydroxyl groups is 3. The van der Waals surface area contributed by atoms with Crippen LogP contribution in [-0.4, -0.2) is 43.4 Å². The number of phenolic OH excluding ortho intramolecular Hbond substituents is 1. The van der Waals surface area contributed by atoms with Gasteiger partial charge in [-0.2, -0.15) is 0 Å². The molecule has 7 nitrogen and oxygen atoms in total. The molecule has 5 rings (SSSR count). The van der Waals surface area contributed by atoms with E-state index in [0.717, 1.165) is 37.3 Å². The van der Waals surface area contributed by atoms with Gasteiger partial charge in [0.05, 0.1) is 5.56 Å². The Labute approximate surface area is 274 Å². The van der Waals surface area contributed by atoms with E-state index in [2.05, 4.69) is 47.6 Å². The molecule has 0 amide bonds. The smallest absolute Gasteiger partial charge is 0.209 e. The van der Waals surface area contributed by atoms with E-state index < -0.39 is 51.0 Å². The van der Waals surface area contributed by atoms with Crippen LogP contribution < -0.4 is 0 Å². The number of aliphatic hydroxyl groups excluding tert-OH is 2. The Morgan fingerprint density at radius 3 is 2.00 bits per heavy atom. The van der Waals surface area contributed by atoms with Gasteiger partial charge >= 0.3 is 0 Å². The zero-order valence-electron chi connectivity index (χ0n) is 29.6. The van der Waals surface area contributed by atoms with Gasteiger partial charge in [0.2, 0.25) is 5.78 Å². The van der Waals surface area contributed by atoms with Gasteiger partial charge in [0.15, 0.2) is 17.2 Å². The van der Waals surface area contributed by atoms with Gasteiger partial charge in [-0.3, -0.25) is 14.4 Å². The van der Waals surface area contributed by atoms with Crippen molar-refractivity contribution in [2.45, 2.75) is 126 Å². The number of allylic oxidation sites excluding steroid dienone is 2. The maximum atomic E-state index is 14.7. The number of hydrogen-bond acceptors (Lipinski definition) is 7. The van der Waals surface area contributed by atoms with E-state index in [4.69, 9.17) is 0 Å². The molecule has 4 aliphatic rings. The summed E-state index contributed by atoms with van der Waals surface area (Å²) in [6.45, 7) is 21.6. The first-order valence-corrected chi connectivity index (χ1v) is 17.0. The Balaban J connectivity index is 1.72. The highest BCUT2D eigenvalue weighted by molar-refractivity contribution is 6.25. The molecule has 46 heavy (non-hydrogen) atoms. The Bertz CT molecular complexity index is 1590. The monoisotopic (exact) mass is 634 g/mol. The maximum Gasteiger partial charge on any atom is 0.209 e. The number of carbonyl (C=O) groups is 3. The van der Waals surface area contributed by atoms with E-state index >= 15 is 0 Å². The van der Waals surface area contributed by atoms with E-state index in [-0.39, 0.29) is 51.7 Å². The molecule has 1 fully saturated rings. The Morgan fingerprint density at radius 2 is 1.50 bits per heavy atom. The quantitative estimate of drug-likeness (QED) is 0.242. The van der Waals surface area contributed by atoms with Gasteiger partial charge in [0.25, 0.3) is 0 Å². The summed E-state index contributed by atoms with van der Waals surface area (Å²) in [5.41, 5.74) is -2.85. The summed E-state index contributed by atoms with van der Waals surface area (Å²) in [4.78, 5) is 41.4. The molecular formula is C39H54O7. The number of aromatic hydroxyl groups is 1. The van der Waals surface area contributed by atoms with Gasteiger partial charge in [-0.05, 0) is 90.7 Å². The van der Waals surface area contributed by atoms with Crippen LogP contribution in [0.4, 0.5) is 0 Å². The minimum Gasteiger partial charge on any atom is -0.511 e. The standard InChI is InChI=1S/C39H54O7/c1-19(2)24-13-23(12-22-14-35(6,7)17-36(8,9)15-22)30(41)27-25(24)16-37(10)18-38(11)28(20(3)4)31(42)26(21(5)40)33(44)39(38,46)34(45)29(37)32(27)43/h13,19-20,22,28,41-42,45-46H,12,14-18H2,1-11H3/t28?,37-,38-,39+/m1/s1. The highest BCUT2D eigenvalue weighted by atomic mass is 16.3. The molecule has 4 N–H and O–H groups in total. The van der Waals surface area contributed by atoms with E-state index in [1.807, 2.05) is 20.8 Å². The van der Waals surface area contributed by atoms with Gasteiger partial charge in [0.1, 0.15) is 22.8 Å².